The van der Waals surface area contributed by atoms with Crippen molar-refractivity contribution in [3.05, 3.63) is 60.2 Å². The molecule has 164 valence electrons. The summed E-state index contributed by atoms with van der Waals surface area (Å²) in [4.78, 5) is 14.3. The van der Waals surface area contributed by atoms with E-state index in [1.54, 1.807) is 17.0 Å². The summed E-state index contributed by atoms with van der Waals surface area (Å²) in [6.07, 6.45) is 1.59. The second-order valence-corrected chi connectivity index (χ2v) is 9.03. The Hall–Kier alpha value is -2.29. The van der Waals surface area contributed by atoms with Crippen molar-refractivity contribution >= 4 is 28.3 Å². The van der Waals surface area contributed by atoms with Crippen molar-refractivity contribution in [1.82, 2.24) is 10.2 Å². The third kappa shape index (κ3) is 7.19. The number of carbonyl (C=O) groups excluding carboxylic acids is 1. The topological polar surface area (TPSA) is 84.9 Å². The first-order valence-electron chi connectivity index (χ1n) is 9.54. The van der Waals surface area contributed by atoms with Crippen molar-refractivity contribution in [3.8, 4) is 5.75 Å². The molecule has 1 N–H and O–H groups in total. The number of halogens is 1. The highest BCUT2D eigenvalue weighted by Crippen LogP contribution is 2.16. The van der Waals surface area contributed by atoms with Gasteiger partial charge in [0.1, 0.15) is 12.4 Å². The van der Waals surface area contributed by atoms with Crippen LogP contribution in [0, 0.1) is 0 Å². The van der Waals surface area contributed by atoms with Gasteiger partial charge in [-0.1, -0.05) is 30.3 Å². The number of hydrogen-bond acceptors (Lipinski definition) is 6. The fraction of sp³-hybridized carbons (Fsp3) is 0.381. The summed E-state index contributed by atoms with van der Waals surface area (Å²) in [6, 6.07) is 16.1. The lowest BCUT2D eigenvalue weighted by atomic mass is 10.1. The summed E-state index contributed by atoms with van der Waals surface area (Å²) in [7, 11) is -3.21. The highest BCUT2D eigenvalue weighted by Gasteiger charge is 2.24. The highest BCUT2D eigenvalue weighted by molar-refractivity contribution is 7.90. The van der Waals surface area contributed by atoms with E-state index in [1.807, 2.05) is 30.3 Å². The predicted molar refractivity (Wildman–Crippen MR) is 117 cm³/mol. The first-order chi connectivity index (χ1) is 13.9. The fourth-order valence-corrected chi connectivity index (χ4v) is 3.73. The maximum atomic E-state index is 12.3. The Kier molecular flexibility index (Phi) is 8.95. The number of carbonyl (C=O) groups is 1. The number of hydrogen-bond donors (Lipinski definition) is 1. The molecular weight excluding hydrogens is 428 g/mol. The fourth-order valence-electron chi connectivity index (χ4n) is 3.10. The lowest BCUT2D eigenvalue weighted by molar-refractivity contribution is 0.0827. The smallest absolute Gasteiger partial charge is 0.410 e. The predicted octanol–water partition coefficient (Wildman–Crippen LogP) is 2.89. The first kappa shape index (κ1) is 24.0. The van der Waals surface area contributed by atoms with Gasteiger partial charge in [0.15, 0.2) is 9.84 Å². The Balaban J connectivity index is 0.00000320. The van der Waals surface area contributed by atoms with Crippen LogP contribution in [-0.4, -0.2) is 57.9 Å². The number of nitrogens with one attached hydrogen (secondary N) is 1. The van der Waals surface area contributed by atoms with Crippen molar-refractivity contribution < 1.29 is 22.7 Å². The van der Waals surface area contributed by atoms with E-state index >= 15 is 0 Å². The van der Waals surface area contributed by atoms with Crippen LogP contribution < -0.4 is 10.1 Å². The van der Waals surface area contributed by atoms with Gasteiger partial charge in [0, 0.05) is 31.9 Å². The first-order valence-corrected chi connectivity index (χ1v) is 11.4. The molecule has 1 saturated heterocycles. The van der Waals surface area contributed by atoms with Gasteiger partial charge in [-0.25, -0.2) is 13.2 Å². The summed E-state index contributed by atoms with van der Waals surface area (Å²) in [5.74, 6) is 0.618. The number of rotatable bonds is 7. The van der Waals surface area contributed by atoms with Crippen LogP contribution in [0.3, 0.4) is 0 Å². The Labute approximate surface area is 183 Å². The van der Waals surface area contributed by atoms with E-state index in [4.69, 9.17) is 9.47 Å². The molecule has 2 aromatic rings. The Morgan fingerprint density at radius 2 is 1.83 bits per heavy atom. The molecule has 7 nitrogen and oxygen atoms in total. The highest BCUT2D eigenvalue weighted by atomic mass is 35.5. The Morgan fingerprint density at radius 1 is 1.13 bits per heavy atom. The number of amides is 1. The van der Waals surface area contributed by atoms with Crippen molar-refractivity contribution in [3.63, 3.8) is 0 Å². The number of benzene rings is 2. The molecule has 1 fully saturated rings. The van der Waals surface area contributed by atoms with Crippen LogP contribution in [-0.2, 0) is 21.2 Å². The van der Waals surface area contributed by atoms with Gasteiger partial charge in [-0.2, -0.15) is 0 Å². The molecule has 0 radical (unpaired) electrons. The summed E-state index contributed by atoms with van der Waals surface area (Å²) in [6.45, 7) is 2.60. The van der Waals surface area contributed by atoms with E-state index in [2.05, 4.69) is 5.32 Å². The molecule has 9 heteroatoms. The number of sulfone groups is 1. The molecule has 1 amide bonds. The lowest BCUT2D eigenvalue weighted by Gasteiger charge is -2.33. The molecule has 0 bridgehead atoms. The largest absolute Gasteiger partial charge is 0.494 e. The monoisotopic (exact) mass is 454 g/mol. The van der Waals surface area contributed by atoms with Crippen molar-refractivity contribution in [2.24, 2.45) is 0 Å². The van der Waals surface area contributed by atoms with Gasteiger partial charge in [0.2, 0.25) is 0 Å². The van der Waals surface area contributed by atoms with Gasteiger partial charge in [-0.15, -0.1) is 12.4 Å². The van der Waals surface area contributed by atoms with Gasteiger partial charge in [-0.3, -0.25) is 0 Å². The van der Waals surface area contributed by atoms with Gasteiger partial charge in [0.25, 0.3) is 0 Å². The van der Waals surface area contributed by atoms with Crippen molar-refractivity contribution in [2.75, 3.05) is 32.5 Å². The van der Waals surface area contributed by atoms with Gasteiger partial charge in [0.05, 0.1) is 11.5 Å². The van der Waals surface area contributed by atoms with Crippen LogP contribution in [0.1, 0.15) is 12.0 Å². The Bertz CT molecular complexity index is 907. The summed E-state index contributed by atoms with van der Waals surface area (Å²) in [5.41, 5.74) is 0.961. The van der Waals surface area contributed by atoms with E-state index in [0.29, 0.717) is 32.0 Å². The van der Waals surface area contributed by atoms with Crippen LogP contribution in [0.4, 0.5) is 4.79 Å². The normalized spacial score (nSPS) is 16.4. The third-order valence-electron chi connectivity index (χ3n) is 4.71. The maximum absolute atomic E-state index is 12.3. The minimum atomic E-state index is -3.21. The van der Waals surface area contributed by atoms with Crippen molar-refractivity contribution in [2.45, 2.75) is 24.0 Å². The van der Waals surface area contributed by atoms with E-state index in [9.17, 15) is 13.2 Å². The molecule has 0 saturated carbocycles. The van der Waals surface area contributed by atoms with Crippen LogP contribution in [0.15, 0.2) is 59.5 Å². The van der Waals surface area contributed by atoms with Gasteiger partial charge >= 0.3 is 6.09 Å². The molecule has 1 heterocycles. The minimum absolute atomic E-state index is 0. The van der Waals surface area contributed by atoms with Crippen LogP contribution in [0.2, 0.25) is 0 Å². The number of piperazine rings is 1. The molecule has 0 aliphatic carbocycles. The van der Waals surface area contributed by atoms with E-state index in [1.165, 1.54) is 18.4 Å². The number of nitrogens with zero attached hydrogens (tertiary/aromatic N) is 1. The molecule has 1 atom stereocenters. The zero-order valence-electron chi connectivity index (χ0n) is 16.8. The molecule has 3 rings (SSSR count). The summed E-state index contributed by atoms with van der Waals surface area (Å²) in [5, 5.41) is 3.38. The SMILES string of the molecule is CS(=O)(=O)c1ccc(OCC[C@@H]2CN(C(=O)OCc3ccccc3)CCN2)cc1.Cl. The van der Waals surface area contributed by atoms with Crippen LogP contribution >= 0.6 is 12.4 Å². The minimum Gasteiger partial charge on any atom is -0.494 e. The molecule has 0 unspecified atom stereocenters. The number of ether oxygens (including phenoxy) is 2. The molecule has 30 heavy (non-hydrogen) atoms. The summed E-state index contributed by atoms with van der Waals surface area (Å²) >= 11 is 0. The van der Waals surface area contributed by atoms with E-state index in [0.717, 1.165) is 12.0 Å². The molecule has 0 aromatic heterocycles. The maximum Gasteiger partial charge on any atom is 0.410 e. The Morgan fingerprint density at radius 3 is 2.50 bits per heavy atom. The molecule has 2 aromatic carbocycles. The molecular formula is C21H27ClN2O5S. The zero-order valence-corrected chi connectivity index (χ0v) is 18.5. The molecule has 0 spiro atoms. The second-order valence-electron chi connectivity index (χ2n) is 7.02. The molecule has 1 aliphatic rings. The standard InChI is InChI=1S/C21H26N2O5S.ClH/c1-29(25,26)20-9-7-19(8-10-20)27-14-11-18-15-23(13-12-22-18)21(24)28-16-17-5-3-2-4-6-17;/h2-10,18,22H,11-16H2,1H3;1H/t18-;/m1./s1. The summed E-state index contributed by atoms with van der Waals surface area (Å²) < 4.78 is 34.1. The van der Waals surface area contributed by atoms with Gasteiger partial charge < -0.3 is 19.7 Å². The average Bonchev–Trinajstić information content (AvgIpc) is 2.73. The van der Waals surface area contributed by atoms with Crippen molar-refractivity contribution in [1.29, 1.82) is 0 Å². The van der Waals surface area contributed by atoms with E-state index in [-0.39, 0.29) is 36.0 Å². The quantitative estimate of drug-likeness (QED) is 0.692. The van der Waals surface area contributed by atoms with Gasteiger partial charge in [-0.05, 0) is 36.2 Å². The van der Waals surface area contributed by atoms with Crippen LogP contribution in [0.5, 0.6) is 5.75 Å². The molecule has 1 aliphatic heterocycles. The average molecular weight is 455 g/mol. The zero-order chi connectivity index (χ0) is 20.7. The van der Waals surface area contributed by atoms with E-state index < -0.39 is 9.84 Å². The lowest BCUT2D eigenvalue weighted by Crippen LogP contribution is -2.53. The second kappa shape index (κ2) is 11.2. The van der Waals surface area contributed by atoms with Crippen LogP contribution in [0.25, 0.3) is 0 Å². The third-order valence-corrected chi connectivity index (χ3v) is 5.83.